The number of ether oxygens (including phenoxy) is 1. The van der Waals surface area contributed by atoms with Gasteiger partial charge in [-0.15, -0.1) is 0 Å². The van der Waals surface area contributed by atoms with Crippen molar-refractivity contribution in [1.82, 2.24) is 9.55 Å². The van der Waals surface area contributed by atoms with Crippen LogP contribution in [-0.2, 0) is 11.3 Å². The molecule has 0 radical (unpaired) electrons. The van der Waals surface area contributed by atoms with Gasteiger partial charge in [0.05, 0.1) is 18.2 Å². The molecule has 4 nitrogen and oxygen atoms in total. The van der Waals surface area contributed by atoms with Gasteiger partial charge in [0.1, 0.15) is 4.99 Å². The molecule has 2 N–H and O–H groups in total. The fourth-order valence-corrected chi connectivity index (χ4v) is 3.48. The molecule has 0 amide bonds. The molecule has 1 aliphatic carbocycles. The first kappa shape index (κ1) is 12.1. The van der Waals surface area contributed by atoms with Crippen molar-refractivity contribution >= 4 is 17.2 Å². The summed E-state index contributed by atoms with van der Waals surface area (Å²) in [6, 6.07) is 0. The minimum atomic E-state index is 0.189. The Hall–Kier alpha value is -0.940. The second kappa shape index (κ2) is 4.63. The van der Waals surface area contributed by atoms with Gasteiger partial charge in [0, 0.05) is 12.4 Å². The lowest BCUT2D eigenvalue weighted by Crippen LogP contribution is -2.27. The third kappa shape index (κ3) is 2.17. The Bertz CT molecular complexity index is 451. The quantitative estimate of drug-likeness (QED) is 0.849. The van der Waals surface area contributed by atoms with Gasteiger partial charge >= 0.3 is 0 Å². The van der Waals surface area contributed by atoms with E-state index in [1.54, 1.807) is 6.20 Å². The Balaban J connectivity index is 1.67. The predicted molar refractivity (Wildman–Crippen MR) is 73.4 cm³/mol. The maximum atomic E-state index is 6.29. The average molecular weight is 265 g/mol. The van der Waals surface area contributed by atoms with E-state index in [4.69, 9.17) is 22.7 Å². The monoisotopic (exact) mass is 265 g/mol. The maximum Gasteiger partial charge on any atom is 0.167 e. The van der Waals surface area contributed by atoms with Crippen molar-refractivity contribution in [3.63, 3.8) is 0 Å². The summed E-state index contributed by atoms with van der Waals surface area (Å²) in [6.07, 6.45) is 11.4. The fraction of sp³-hybridized carbons (Fsp3) is 0.692. The largest absolute Gasteiger partial charge is 0.387 e. The molecule has 5 heteroatoms. The van der Waals surface area contributed by atoms with Gasteiger partial charge in [-0.2, -0.15) is 0 Å². The van der Waals surface area contributed by atoms with Crippen LogP contribution in [0.15, 0.2) is 12.4 Å². The molecule has 2 heterocycles. The summed E-state index contributed by atoms with van der Waals surface area (Å²) in [6.45, 7) is 0.814. The Morgan fingerprint density at radius 3 is 3.00 bits per heavy atom. The molecule has 1 aliphatic heterocycles. The minimum Gasteiger partial charge on any atom is -0.387 e. The van der Waals surface area contributed by atoms with Crippen molar-refractivity contribution in [3.8, 4) is 0 Å². The minimum absolute atomic E-state index is 0.189. The number of nitrogens with two attached hydrogens (primary N) is 1. The smallest absolute Gasteiger partial charge is 0.167 e. The third-order valence-corrected chi connectivity index (χ3v) is 4.37. The molecular weight excluding hydrogens is 246 g/mol. The zero-order valence-corrected chi connectivity index (χ0v) is 11.3. The molecule has 1 saturated carbocycles. The second-order valence-corrected chi connectivity index (χ2v) is 5.88. The molecule has 98 valence electrons. The summed E-state index contributed by atoms with van der Waals surface area (Å²) in [5.41, 5.74) is 5.85. The van der Waals surface area contributed by atoms with Crippen LogP contribution < -0.4 is 5.73 Å². The van der Waals surface area contributed by atoms with E-state index < -0.39 is 0 Å². The average Bonchev–Trinajstić information content (AvgIpc) is 3.03. The molecular formula is C13H19N3OS. The lowest BCUT2D eigenvalue weighted by Gasteiger charge is -2.24. The summed E-state index contributed by atoms with van der Waals surface area (Å²) in [5.74, 6) is 0.695. The lowest BCUT2D eigenvalue weighted by molar-refractivity contribution is -0.0418. The van der Waals surface area contributed by atoms with E-state index in [1.807, 2.05) is 10.8 Å². The van der Waals surface area contributed by atoms with Crippen LogP contribution in [0.25, 0.3) is 0 Å². The molecule has 1 atom stereocenters. The lowest BCUT2D eigenvalue weighted by atomic mass is 9.98. The van der Waals surface area contributed by atoms with Crippen molar-refractivity contribution in [2.24, 2.45) is 5.73 Å². The van der Waals surface area contributed by atoms with Gasteiger partial charge < -0.3 is 15.0 Å². The zero-order chi connectivity index (χ0) is 12.6. The molecule has 1 aromatic rings. The number of rotatable bonds is 3. The van der Waals surface area contributed by atoms with Crippen LogP contribution in [0, 0.1) is 0 Å². The highest BCUT2D eigenvalue weighted by atomic mass is 32.1. The van der Waals surface area contributed by atoms with Crippen LogP contribution in [0.1, 0.15) is 44.3 Å². The van der Waals surface area contributed by atoms with Crippen molar-refractivity contribution in [1.29, 1.82) is 0 Å². The van der Waals surface area contributed by atoms with Crippen LogP contribution in [0.4, 0.5) is 0 Å². The first-order valence-electron chi connectivity index (χ1n) is 6.67. The number of hydrogen-bond acceptors (Lipinski definition) is 3. The summed E-state index contributed by atoms with van der Waals surface area (Å²) in [4.78, 5) is 4.54. The maximum absolute atomic E-state index is 6.29. The number of thiocarbonyl (C=S) groups is 1. The van der Waals surface area contributed by atoms with Gasteiger partial charge in [0.2, 0.25) is 0 Å². The SMILES string of the molecule is NC(=S)c1nccn1CC1CCC2(CCCC2)O1. The molecule has 1 spiro atoms. The molecule has 2 fully saturated rings. The van der Waals surface area contributed by atoms with Crippen molar-refractivity contribution in [3.05, 3.63) is 18.2 Å². The Morgan fingerprint density at radius 2 is 2.28 bits per heavy atom. The van der Waals surface area contributed by atoms with Crippen LogP contribution in [0.2, 0.25) is 0 Å². The first-order valence-corrected chi connectivity index (χ1v) is 7.08. The molecule has 3 rings (SSSR count). The van der Waals surface area contributed by atoms with Crippen LogP contribution in [-0.4, -0.2) is 26.2 Å². The Kier molecular flexibility index (Phi) is 3.11. The normalized spacial score (nSPS) is 25.9. The number of nitrogens with zero attached hydrogens (tertiary/aromatic N) is 2. The van der Waals surface area contributed by atoms with Gasteiger partial charge in [-0.25, -0.2) is 4.98 Å². The van der Waals surface area contributed by atoms with Gasteiger partial charge in [0.25, 0.3) is 0 Å². The topological polar surface area (TPSA) is 53.1 Å². The second-order valence-electron chi connectivity index (χ2n) is 5.44. The van der Waals surface area contributed by atoms with Crippen molar-refractivity contribution < 1.29 is 4.74 Å². The summed E-state index contributed by atoms with van der Waals surface area (Å²) in [7, 11) is 0. The van der Waals surface area contributed by atoms with Gasteiger partial charge in [0.15, 0.2) is 5.82 Å². The highest BCUT2D eigenvalue weighted by molar-refractivity contribution is 7.80. The number of hydrogen-bond donors (Lipinski definition) is 1. The molecule has 2 aliphatic rings. The number of imidazole rings is 1. The summed E-state index contributed by atoms with van der Waals surface area (Å²) < 4.78 is 8.30. The van der Waals surface area contributed by atoms with E-state index in [0.29, 0.717) is 10.8 Å². The van der Waals surface area contributed by atoms with E-state index in [2.05, 4.69) is 4.98 Å². The molecule has 18 heavy (non-hydrogen) atoms. The standard InChI is InChI=1S/C13H19N3OS/c14-11(18)12-15-7-8-16(12)9-10-3-6-13(17-10)4-1-2-5-13/h7-8,10H,1-6,9H2,(H2,14,18). The van der Waals surface area contributed by atoms with Gasteiger partial charge in [-0.05, 0) is 25.7 Å². The molecule has 0 bridgehead atoms. The molecule has 1 unspecified atom stereocenters. The van der Waals surface area contributed by atoms with Crippen LogP contribution in [0.3, 0.4) is 0 Å². The zero-order valence-electron chi connectivity index (χ0n) is 10.5. The van der Waals surface area contributed by atoms with E-state index >= 15 is 0 Å². The van der Waals surface area contributed by atoms with Crippen LogP contribution >= 0.6 is 12.2 Å². The first-order chi connectivity index (χ1) is 8.69. The number of aromatic nitrogens is 2. The van der Waals surface area contributed by atoms with E-state index in [0.717, 1.165) is 13.0 Å². The third-order valence-electron chi connectivity index (χ3n) is 4.19. The van der Waals surface area contributed by atoms with Gasteiger partial charge in [-0.3, -0.25) is 0 Å². The van der Waals surface area contributed by atoms with Gasteiger partial charge in [-0.1, -0.05) is 25.1 Å². The molecule has 1 saturated heterocycles. The highest BCUT2D eigenvalue weighted by Crippen LogP contribution is 2.43. The predicted octanol–water partition coefficient (Wildman–Crippen LogP) is 2.01. The molecule has 1 aromatic heterocycles. The molecule has 0 aromatic carbocycles. The van der Waals surface area contributed by atoms with Crippen molar-refractivity contribution in [2.45, 2.75) is 56.8 Å². The Morgan fingerprint density at radius 1 is 1.50 bits per heavy atom. The van der Waals surface area contributed by atoms with E-state index in [1.165, 1.54) is 32.1 Å². The summed E-state index contributed by atoms with van der Waals surface area (Å²) >= 11 is 5.00. The van der Waals surface area contributed by atoms with E-state index in [-0.39, 0.29) is 11.7 Å². The van der Waals surface area contributed by atoms with Crippen molar-refractivity contribution in [2.75, 3.05) is 0 Å². The fourth-order valence-electron chi connectivity index (χ4n) is 3.31. The van der Waals surface area contributed by atoms with Crippen LogP contribution in [0.5, 0.6) is 0 Å². The summed E-state index contributed by atoms with van der Waals surface area (Å²) in [5, 5.41) is 0. The Labute approximate surface area is 113 Å². The van der Waals surface area contributed by atoms with E-state index in [9.17, 15) is 0 Å². The highest BCUT2D eigenvalue weighted by Gasteiger charge is 2.42.